The van der Waals surface area contributed by atoms with E-state index in [4.69, 9.17) is 4.74 Å². The van der Waals surface area contributed by atoms with Gasteiger partial charge in [-0.25, -0.2) is 0 Å². The van der Waals surface area contributed by atoms with E-state index in [1.54, 1.807) is 0 Å². The lowest BCUT2D eigenvalue weighted by molar-refractivity contribution is -0.133. The predicted octanol–water partition coefficient (Wildman–Crippen LogP) is 4.38. The average Bonchev–Trinajstić information content (AvgIpc) is 2.60. The van der Waals surface area contributed by atoms with Crippen molar-refractivity contribution in [2.75, 3.05) is 19.7 Å². The summed E-state index contributed by atoms with van der Waals surface area (Å²) in [5.41, 5.74) is 1.23. The molecule has 1 aromatic carbocycles. The number of carbonyl (C=O) groups excluding carboxylic acids is 1. The van der Waals surface area contributed by atoms with Crippen LogP contribution in [0.5, 0.6) is 0 Å². The SMILES string of the molecule is CC1(C)C[C@@H]([C@@H](CC(=O)N2CCCCC2)c2ccccc2)CCO1. The van der Waals surface area contributed by atoms with E-state index in [0.717, 1.165) is 45.4 Å². The lowest BCUT2D eigenvalue weighted by Gasteiger charge is -2.40. The minimum absolute atomic E-state index is 0.0792. The number of hydrogen-bond donors (Lipinski definition) is 0. The van der Waals surface area contributed by atoms with Gasteiger partial charge >= 0.3 is 0 Å². The summed E-state index contributed by atoms with van der Waals surface area (Å²) in [6.07, 6.45) is 6.30. The molecule has 2 aliphatic heterocycles. The van der Waals surface area contributed by atoms with E-state index in [1.165, 1.54) is 12.0 Å². The quantitative estimate of drug-likeness (QED) is 0.820. The van der Waals surface area contributed by atoms with Crippen LogP contribution < -0.4 is 0 Å². The normalized spacial score (nSPS) is 25.2. The van der Waals surface area contributed by atoms with Crippen LogP contribution >= 0.6 is 0 Å². The average molecular weight is 329 g/mol. The molecule has 0 spiro atoms. The number of carbonyl (C=O) groups is 1. The van der Waals surface area contributed by atoms with Crippen molar-refractivity contribution in [3.63, 3.8) is 0 Å². The van der Waals surface area contributed by atoms with Gasteiger partial charge in [0.05, 0.1) is 5.60 Å². The monoisotopic (exact) mass is 329 g/mol. The smallest absolute Gasteiger partial charge is 0.223 e. The summed E-state index contributed by atoms with van der Waals surface area (Å²) in [6.45, 7) is 7.04. The minimum atomic E-state index is -0.0792. The summed E-state index contributed by atoms with van der Waals surface area (Å²) in [5.74, 6) is 1.17. The Morgan fingerprint density at radius 2 is 1.92 bits per heavy atom. The predicted molar refractivity (Wildman–Crippen MR) is 97.0 cm³/mol. The van der Waals surface area contributed by atoms with Crippen LogP contribution in [-0.2, 0) is 9.53 Å². The van der Waals surface area contributed by atoms with Gasteiger partial charge in [0.1, 0.15) is 0 Å². The van der Waals surface area contributed by atoms with Crippen molar-refractivity contribution in [3.05, 3.63) is 35.9 Å². The lowest BCUT2D eigenvalue weighted by atomic mass is 9.75. The third kappa shape index (κ3) is 4.38. The third-order valence-electron chi connectivity index (χ3n) is 5.64. The standard InChI is InChI=1S/C21H31NO2/c1-21(2)16-18(11-14-24-21)19(17-9-5-3-6-10-17)15-20(23)22-12-7-4-8-13-22/h3,5-6,9-10,18-19H,4,7-8,11-16H2,1-2H3/t18-,19-/m0/s1. The van der Waals surface area contributed by atoms with Crippen molar-refractivity contribution < 1.29 is 9.53 Å². The Kier molecular flexibility index (Phi) is 5.60. The maximum absolute atomic E-state index is 12.9. The minimum Gasteiger partial charge on any atom is -0.376 e. The first-order valence-corrected chi connectivity index (χ1v) is 9.52. The fourth-order valence-corrected chi connectivity index (χ4v) is 4.34. The molecule has 0 radical (unpaired) electrons. The second-order valence-electron chi connectivity index (χ2n) is 8.02. The third-order valence-corrected chi connectivity index (χ3v) is 5.64. The van der Waals surface area contributed by atoms with Gasteiger partial charge < -0.3 is 9.64 Å². The van der Waals surface area contributed by atoms with Gasteiger partial charge in [-0.1, -0.05) is 30.3 Å². The summed E-state index contributed by atoms with van der Waals surface area (Å²) in [6, 6.07) is 10.6. The van der Waals surface area contributed by atoms with E-state index in [-0.39, 0.29) is 5.60 Å². The van der Waals surface area contributed by atoms with Gasteiger partial charge in [0, 0.05) is 26.1 Å². The van der Waals surface area contributed by atoms with Crippen molar-refractivity contribution in [3.8, 4) is 0 Å². The zero-order valence-electron chi connectivity index (χ0n) is 15.2. The Morgan fingerprint density at radius 1 is 1.21 bits per heavy atom. The number of rotatable bonds is 4. The topological polar surface area (TPSA) is 29.5 Å². The van der Waals surface area contributed by atoms with Gasteiger partial charge in [-0.05, 0) is 63.4 Å². The van der Waals surface area contributed by atoms with E-state index in [1.807, 2.05) is 0 Å². The number of likely N-dealkylation sites (tertiary alicyclic amines) is 1. The Bertz CT molecular complexity index is 534. The highest BCUT2D eigenvalue weighted by Gasteiger charge is 2.35. The molecule has 0 N–H and O–H groups in total. The molecule has 2 fully saturated rings. The van der Waals surface area contributed by atoms with E-state index in [0.29, 0.717) is 24.2 Å². The van der Waals surface area contributed by atoms with Crippen molar-refractivity contribution in [2.45, 2.75) is 63.9 Å². The maximum Gasteiger partial charge on any atom is 0.223 e. The molecule has 3 rings (SSSR count). The van der Waals surface area contributed by atoms with Crippen LogP contribution in [0.15, 0.2) is 30.3 Å². The Balaban J connectivity index is 1.76. The molecule has 132 valence electrons. The first kappa shape index (κ1) is 17.5. The van der Waals surface area contributed by atoms with Crippen LogP contribution in [0.1, 0.15) is 63.9 Å². The van der Waals surface area contributed by atoms with Crippen LogP contribution in [-0.4, -0.2) is 36.1 Å². The number of ether oxygens (including phenoxy) is 1. The molecule has 3 heteroatoms. The van der Waals surface area contributed by atoms with Crippen molar-refractivity contribution in [1.82, 2.24) is 4.90 Å². The molecule has 2 atom stereocenters. The van der Waals surface area contributed by atoms with Gasteiger partial charge in [-0.15, -0.1) is 0 Å². The van der Waals surface area contributed by atoms with E-state index in [2.05, 4.69) is 49.1 Å². The zero-order chi connectivity index (χ0) is 17.0. The van der Waals surface area contributed by atoms with Crippen molar-refractivity contribution in [1.29, 1.82) is 0 Å². The fourth-order valence-electron chi connectivity index (χ4n) is 4.34. The molecule has 2 saturated heterocycles. The van der Waals surface area contributed by atoms with Crippen LogP contribution in [0.2, 0.25) is 0 Å². The van der Waals surface area contributed by atoms with E-state index in [9.17, 15) is 4.79 Å². The summed E-state index contributed by atoms with van der Waals surface area (Å²) in [4.78, 5) is 15.0. The molecule has 1 aromatic rings. The molecule has 1 amide bonds. The highest BCUT2D eigenvalue weighted by atomic mass is 16.5. The van der Waals surface area contributed by atoms with Gasteiger partial charge in [0.25, 0.3) is 0 Å². The van der Waals surface area contributed by atoms with Crippen molar-refractivity contribution in [2.24, 2.45) is 5.92 Å². The van der Waals surface area contributed by atoms with Gasteiger partial charge in [0.2, 0.25) is 5.91 Å². The van der Waals surface area contributed by atoms with Gasteiger partial charge in [0.15, 0.2) is 0 Å². The highest BCUT2D eigenvalue weighted by molar-refractivity contribution is 5.77. The number of benzene rings is 1. The summed E-state index contributed by atoms with van der Waals surface area (Å²) >= 11 is 0. The summed E-state index contributed by atoms with van der Waals surface area (Å²) in [5, 5.41) is 0. The molecule has 2 aliphatic rings. The van der Waals surface area contributed by atoms with Crippen LogP contribution in [0, 0.1) is 5.92 Å². The number of amides is 1. The van der Waals surface area contributed by atoms with E-state index < -0.39 is 0 Å². The van der Waals surface area contributed by atoms with Crippen LogP contribution in [0.25, 0.3) is 0 Å². The molecule has 3 nitrogen and oxygen atoms in total. The second kappa shape index (κ2) is 7.69. The first-order chi connectivity index (χ1) is 11.6. The van der Waals surface area contributed by atoms with Crippen LogP contribution in [0.3, 0.4) is 0 Å². The largest absolute Gasteiger partial charge is 0.376 e. The van der Waals surface area contributed by atoms with Gasteiger partial charge in [-0.2, -0.15) is 0 Å². The van der Waals surface area contributed by atoms with Crippen molar-refractivity contribution >= 4 is 5.91 Å². The fraction of sp³-hybridized carbons (Fsp3) is 0.667. The summed E-state index contributed by atoms with van der Waals surface area (Å²) < 4.78 is 5.91. The molecule has 0 bridgehead atoms. The maximum atomic E-state index is 12.9. The van der Waals surface area contributed by atoms with Gasteiger partial charge in [-0.3, -0.25) is 4.79 Å². The first-order valence-electron chi connectivity index (χ1n) is 9.52. The molecule has 0 saturated carbocycles. The Morgan fingerprint density at radius 3 is 2.58 bits per heavy atom. The molecule has 0 aliphatic carbocycles. The highest BCUT2D eigenvalue weighted by Crippen LogP contribution is 2.40. The number of piperidine rings is 1. The van der Waals surface area contributed by atoms with Crippen LogP contribution in [0.4, 0.5) is 0 Å². The zero-order valence-corrected chi connectivity index (χ0v) is 15.2. The Labute approximate surface area is 146 Å². The van der Waals surface area contributed by atoms with E-state index >= 15 is 0 Å². The molecule has 0 unspecified atom stereocenters. The number of nitrogens with zero attached hydrogens (tertiary/aromatic N) is 1. The summed E-state index contributed by atoms with van der Waals surface area (Å²) in [7, 11) is 0. The molecule has 2 heterocycles. The lowest BCUT2D eigenvalue weighted by Crippen LogP contribution is -2.39. The Hall–Kier alpha value is -1.35. The molecular formula is C21H31NO2. The molecule has 0 aromatic heterocycles. The molecular weight excluding hydrogens is 298 g/mol. The molecule has 24 heavy (non-hydrogen) atoms. The number of hydrogen-bond acceptors (Lipinski definition) is 2. The second-order valence-corrected chi connectivity index (χ2v) is 8.02.